The first-order valence-electron chi connectivity index (χ1n) is 11.4. The molecular weight excluding hydrogens is 388 g/mol. The van der Waals surface area contributed by atoms with Gasteiger partial charge in [-0.3, -0.25) is 4.18 Å². The van der Waals surface area contributed by atoms with Crippen molar-refractivity contribution in [2.45, 2.75) is 104 Å². The molecule has 0 radical (unpaired) electrons. The summed E-state index contributed by atoms with van der Waals surface area (Å²) in [6, 6.07) is 0. The molecule has 29 heavy (non-hydrogen) atoms. The van der Waals surface area contributed by atoms with E-state index in [2.05, 4.69) is 52.9 Å². The summed E-state index contributed by atoms with van der Waals surface area (Å²) in [6.07, 6.45) is 21.5. The first-order valence-corrected chi connectivity index (χ1v) is 12.8. The van der Waals surface area contributed by atoms with Crippen molar-refractivity contribution in [3.8, 4) is 0 Å². The smallest absolute Gasteiger partial charge is 0.243 e. The quantitative estimate of drug-likeness (QED) is 0.157. The number of rotatable bonds is 16. The first-order chi connectivity index (χ1) is 13.8. The Bertz CT molecular complexity index is 587. The third-order valence-corrected chi connectivity index (χ3v) is 5.51. The van der Waals surface area contributed by atoms with Crippen molar-refractivity contribution in [2.75, 3.05) is 6.61 Å². The second-order valence-electron chi connectivity index (χ2n) is 7.90. The van der Waals surface area contributed by atoms with E-state index >= 15 is 0 Å². The van der Waals surface area contributed by atoms with Gasteiger partial charge in [-0.05, 0) is 25.2 Å². The lowest BCUT2D eigenvalue weighted by atomic mass is 10.0. The SMILES string of the molecule is CCCCC(CC)COS(=O)(=O)[O-].CCCCCCCCCCn1cc[n+](C)c1. The zero-order valence-corrected chi connectivity index (χ0v) is 20.0. The summed E-state index contributed by atoms with van der Waals surface area (Å²) in [5.74, 6) is 0.184. The predicted molar refractivity (Wildman–Crippen MR) is 117 cm³/mol. The number of aryl methyl sites for hydroxylation is 2. The van der Waals surface area contributed by atoms with E-state index in [1.165, 1.54) is 57.9 Å². The van der Waals surface area contributed by atoms with Crippen LogP contribution in [0.15, 0.2) is 18.7 Å². The Balaban J connectivity index is 0.000000555. The molecule has 0 bridgehead atoms. The largest absolute Gasteiger partial charge is 0.726 e. The van der Waals surface area contributed by atoms with Crippen molar-refractivity contribution in [1.82, 2.24) is 4.57 Å². The van der Waals surface area contributed by atoms with Crippen LogP contribution in [0.25, 0.3) is 0 Å². The monoisotopic (exact) mass is 432 g/mol. The summed E-state index contributed by atoms with van der Waals surface area (Å²) in [5, 5.41) is 0. The van der Waals surface area contributed by atoms with Gasteiger partial charge in [0, 0.05) is 0 Å². The van der Waals surface area contributed by atoms with Crippen LogP contribution in [-0.2, 0) is 28.2 Å². The van der Waals surface area contributed by atoms with Gasteiger partial charge in [-0.25, -0.2) is 17.6 Å². The molecule has 0 saturated carbocycles. The van der Waals surface area contributed by atoms with Crippen LogP contribution in [0.2, 0.25) is 0 Å². The number of imidazole rings is 1. The summed E-state index contributed by atoms with van der Waals surface area (Å²) >= 11 is 0. The molecule has 0 aliphatic rings. The zero-order valence-electron chi connectivity index (χ0n) is 19.1. The van der Waals surface area contributed by atoms with Gasteiger partial charge < -0.3 is 4.55 Å². The van der Waals surface area contributed by atoms with Crippen molar-refractivity contribution in [3.05, 3.63) is 18.7 Å². The molecule has 1 aromatic rings. The van der Waals surface area contributed by atoms with E-state index in [0.29, 0.717) is 0 Å². The molecule has 0 spiro atoms. The molecule has 6 nitrogen and oxygen atoms in total. The molecule has 172 valence electrons. The minimum absolute atomic E-state index is 0.0301. The van der Waals surface area contributed by atoms with Crippen LogP contribution < -0.4 is 4.57 Å². The Labute approximate surface area is 179 Å². The van der Waals surface area contributed by atoms with Gasteiger partial charge in [0.2, 0.25) is 16.7 Å². The highest BCUT2D eigenvalue weighted by atomic mass is 32.3. The fraction of sp³-hybridized carbons (Fsp3) is 0.864. The maximum absolute atomic E-state index is 10.1. The summed E-state index contributed by atoms with van der Waals surface area (Å²) in [4.78, 5) is 0. The fourth-order valence-corrected chi connectivity index (χ4v) is 3.50. The molecule has 0 fully saturated rings. The molecule has 1 unspecified atom stereocenters. The lowest BCUT2D eigenvalue weighted by Crippen LogP contribution is -2.23. The van der Waals surface area contributed by atoms with Crippen LogP contribution in [-0.4, -0.2) is 24.1 Å². The second kappa shape index (κ2) is 17.9. The van der Waals surface area contributed by atoms with Gasteiger partial charge in [-0.2, -0.15) is 0 Å². The molecule has 7 heteroatoms. The number of hydrogen-bond acceptors (Lipinski definition) is 4. The third-order valence-electron chi connectivity index (χ3n) is 5.08. The summed E-state index contributed by atoms with van der Waals surface area (Å²) in [7, 11) is -2.43. The Morgan fingerprint density at radius 1 is 0.966 bits per heavy atom. The third kappa shape index (κ3) is 18.8. The van der Waals surface area contributed by atoms with Gasteiger partial charge >= 0.3 is 0 Å². The lowest BCUT2D eigenvalue weighted by Gasteiger charge is -2.15. The molecule has 1 atom stereocenters. The topological polar surface area (TPSA) is 75.2 Å². The van der Waals surface area contributed by atoms with Crippen molar-refractivity contribution in [2.24, 2.45) is 13.0 Å². The van der Waals surface area contributed by atoms with E-state index in [9.17, 15) is 13.0 Å². The van der Waals surface area contributed by atoms with Gasteiger partial charge in [0.25, 0.3) is 0 Å². The molecule has 0 saturated heterocycles. The average Bonchev–Trinajstić information content (AvgIpc) is 3.09. The molecule has 1 heterocycles. The molecule has 1 aromatic heterocycles. The Morgan fingerprint density at radius 3 is 2.03 bits per heavy atom. The lowest BCUT2D eigenvalue weighted by molar-refractivity contribution is -0.671. The van der Waals surface area contributed by atoms with E-state index in [-0.39, 0.29) is 12.5 Å². The normalized spacial score (nSPS) is 12.4. The van der Waals surface area contributed by atoms with Crippen LogP contribution in [0.1, 0.15) is 97.8 Å². The predicted octanol–water partition coefficient (Wildman–Crippen LogP) is 5.13. The molecule has 0 aromatic carbocycles. The fourth-order valence-electron chi connectivity index (χ4n) is 3.14. The first kappa shape index (κ1) is 28.1. The Morgan fingerprint density at radius 2 is 1.55 bits per heavy atom. The van der Waals surface area contributed by atoms with E-state index < -0.39 is 10.4 Å². The van der Waals surface area contributed by atoms with E-state index in [1.807, 2.05) is 6.92 Å². The van der Waals surface area contributed by atoms with E-state index in [1.54, 1.807) is 0 Å². The summed E-state index contributed by atoms with van der Waals surface area (Å²) < 4.78 is 39.0. The summed E-state index contributed by atoms with van der Waals surface area (Å²) in [5.41, 5.74) is 0. The molecule has 0 aliphatic heterocycles. The second-order valence-corrected chi connectivity index (χ2v) is 8.95. The Kier molecular flexibility index (Phi) is 17.3. The number of hydrogen-bond donors (Lipinski definition) is 0. The van der Waals surface area contributed by atoms with Crippen LogP contribution in [0, 0.1) is 5.92 Å². The molecule has 1 rings (SSSR count). The van der Waals surface area contributed by atoms with Gasteiger partial charge in [-0.1, -0.05) is 78.6 Å². The van der Waals surface area contributed by atoms with Crippen molar-refractivity contribution in [3.63, 3.8) is 0 Å². The van der Waals surface area contributed by atoms with Gasteiger partial charge in [0.1, 0.15) is 12.4 Å². The van der Waals surface area contributed by atoms with Crippen LogP contribution >= 0.6 is 0 Å². The average molecular weight is 433 g/mol. The highest BCUT2D eigenvalue weighted by Gasteiger charge is 2.07. The Hall–Kier alpha value is -0.920. The zero-order chi connectivity index (χ0) is 22.0. The molecular formula is C22H44N2O4S. The standard InChI is InChI=1S/C14H27N2.C8H18O4S/c1-3-4-5-6-7-8-9-10-11-16-13-12-15(2)14-16;1-3-5-6-8(4-2)7-12-13(9,10)11/h12-14H,3-11H2,1-2H3;8H,3-7H2,1-2H3,(H,9,10,11)/q+1;/p-1. The van der Waals surface area contributed by atoms with Gasteiger partial charge in [0.15, 0.2) is 0 Å². The number of aromatic nitrogens is 2. The van der Waals surface area contributed by atoms with Gasteiger partial charge in [-0.15, -0.1) is 0 Å². The minimum atomic E-state index is -4.50. The number of nitrogens with zero attached hydrogens (tertiary/aromatic N) is 2. The molecule has 0 N–H and O–H groups in total. The van der Waals surface area contributed by atoms with Gasteiger partial charge in [0.05, 0.1) is 20.2 Å². The van der Waals surface area contributed by atoms with Crippen molar-refractivity contribution >= 4 is 10.4 Å². The number of unbranched alkanes of at least 4 members (excludes halogenated alkanes) is 8. The minimum Gasteiger partial charge on any atom is -0.726 e. The van der Waals surface area contributed by atoms with E-state index in [0.717, 1.165) is 25.7 Å². The van der Waals surface area contributed by atoms with Crippen LogP contribution in [0.4, 0.5) is 0 Å². The molecule has 0 aliphatic carbocycles. The maximum atomic E-state index is 10.1. The van der Waals surface area contributed by atoms with Crippen LogP contribution in [0.3, 0.4) is 0 Å². The summed E-state index contributed by atoms with van der Waals surface area (Å²) in [6.45, 7) is 7.51. The van der Waals surface area contributed by atoms with E-state index in [4.69, 9.17) is 0 Å². The highest BCUT2D eigenvalue weighted by molar-refractivity contribution is 7.80. The van der Waals surface area contributed by atoms with Crippen LogP contribution in [0.5, 0.6) is 0 Å². The van der Waals surface area contributed by atoms with Crippen molar-refractivity contribution < 1.29 is 21.7 Å². The highest BCUT2D eigenvalue weighted by Crippen LogP contribution is 2.13. The maximum Gasteiger partial charge on any atom is 0.243 e. The molecule has 0 amide bonds. The van der Waals surface area contributed by atoms with Crippen molar-refractivity contribution in [1.29, 1.82) is 0 Å².